The summed E-state index contributed by atoms with van der Waals surface area (Å²) in [5.41, 5.74) is 6.21. The predicted octanol–water partition coefficient (Wildman–Crippen LogP) is 6.51. The van der Waals surface area contributed by atoms with E-state index in [-0.39, 0.29) is 6.17 Å². The molecule has 0 saturated carbocycles. The number of hydrogen-bond donors (Lipinski definition) is 0. The standard InChI is InChI=1S/C27H24N4/c1-18-19(2)27-30(22-11-7-4-8-12-22)25-26(29-16-15-28-25)31(27)24-17-21(13-14-23(18)24)20-9-5-3-6-10-20/h3-19,27H,1-2H3. The van der Waals surface area contributed by atoms with Gasteiger partial charge in [0.1, 0.15) is 6.17 Å². The second-order valence-electron chi connectivity index (χ2n) is 8.48. The van der Waals surface area contributed by atoms with E-state index in [0.717, 1.165) is 17.3 Å². The van der Waals surface area contributed by atoms with Gasteiger partial charge >= 0.3 is 0 Å². The SMILES string of the molecule is CC1c2ccc(-c3ccccc3)cc2N2c3nccnc3N(c3ccccc3)C2C1C. The van der Waals surface area contributed by atoms with Gasteiger partial charge in [-0.1, -0.05) is 74.5 Å². The predicted molar refractivity (Wildman–Crippen MR) is 126 cm³/mol. The molecule has 1 aromatic heterocycles. The molecule has 0 spiro atoms. The first-order valence-corrected chi connectivity index (χ1v) is 10.9. The van der Waals surface area contributed by atoms with Crippen molar-refractivity contribution >= 4 is 23.0 Å². The van der Waals surface area contributed by atoms with Gasteiger partial charge in [0.15, 0.2) is 11.6 Å². The highest BCUT2D eigenvalue weighted by Gasteiger charge is 2.48. The van der Waals surface area contributed by atoms with E-state index in [2.05, 4.69) is 103 Å². The molecule has 4 heteroatoms. The van der Waals surface area contributed by atoms with Gasteiger partial charge in [-0.15, -0.1) is 0 Å². The van der Waals surface area contributed by atoms with E-state index in [9.17, 15) is 0 Å². The number of benzene rings is 3. The van der Waals surface area contributed by atoms with Crippen molar-refractivity contribution in [1.29, 1.82) is 0 Å². The first-order valence-electron chi connectivity index (χ1n) is 10.9. The Labute approximate surface area is 182 Å². The lowest BCUT2D eigenvalue weighted by atomic mass is 9.80. The number of aromatic nitrogens is 2. The highest BCUT2D eigenvalue weighted by molar-refractivity contribution is 5.87. The molecular formula is C27H24N4. The van der Waals surface area contributed by atoms with Crippen molar-refractivity contribution in [3.63, 3.8) is 0 Å². The molecule has 3 heterocycles. The number of para-hydroxylation sites is 1. The molecule has 2 aliphatic rings. The monoisotopic (exact) mass is 404 g/mol. The van der Waals surface area contributed by atoms with Crippen LogP contribution in [0.4, 0.5) is 23.0 Å². The van der Waals surface area contributed by atoms with Crippen molar-refractivity contribution in [2.75, 3.05) is 9.80 Å². The zero-order valence-corrected chi connectivity index (χ0v) is 17.7. The summed E-state index contributed by atoms with van der Waals surface area (Å²) in [7, 11) is 0. The van der Waals surface area contributed by atoms with Crippen molar-refractivity contribution < 1.29 is 0 Å². The van der Waals surface area contributed by atoms with Crippen LogP contribution in [0.3, 0.4) is 0 Å². The molecule has 2 aliphatic heterocycles. The molecule has 3 unspecified atom stereocenters. The maximum atomic E-state index is 4.80. The topological polar surface area (TPSA) is 32.3 Å². The second kappa shape index (κ2) is 6.95. The fraction of sp³-hybridized carbons (Fsp3) is 0.185. The highest BCUT2D eigenvalue weighted by atomic mass is 15.5. The smallest absolute Gasteiger partial charge is 0.178 e. The Hall–Kier alpha value is -3.66. The van der Waals surface area contributed by atoms with Crippen LogP contribution in [-0.4, -0.2) is 16.1 Å². The Morgan fingerprint density at radius 1 is 0.677 bits per heavy atom. The molecule has 3 aromatic carbocycles. The number of fused-ring (bicyclic) bond motifs is 5. The fourth-order valence-corrected chi connectivity index (χ4v) is 5.11. The summed E-state index contributed by atoms with van der Waals surface area (Å²) in [5.74, 6) is 2.67. The van der Waals surface area contributed by atoms with E-state index in [1.54, 1.807) is 12.4 Å². The maximum Gasteiger partial charge on any atom is 0.178 e. The van der Waals surface area contributed by atoms with Crippen LogP contribution in [0.1, 0.15) is 25.3 Å². The first-order chi connectivity index (χ1) is 15.2. The quantitative estimate of drug-likeness (QED) is 0.381. The Bertz CT molecular complexity index is 1240. The van der Waals surface area contributed by atoms with E-state index in [0.29, 0.717) is 11.8 Å². The molecule has 0 bridgehead atoms. The Morgan fingerprint density at radius 3 is 2.03 bits per heavy atom. The summed E-state index contributed by atoms with van der Waals surface area (Å²) in [6.45, 7) is 4.69. The molecule has 3 atom stereocenters. The molecule has 152 valence electrons. The normalized spacial score (nSPS) is 21.4. The summed E-state index contributed by atoms with van der Waals surface area (Å²) >= 11 is 0. The van der Waals surface area contributed by atoms with Crippen molar-refractivity contribution in [2.45, 2.75) is 25.9 Å². The lowest BCUT2D eigenvalue weighted by Gasteiger charge is -2.44. The number of rotatable bonds is 2. The Balaban J connectivity index is 1.58. The van der Waals surface area contributed by atoms with Gasteiger partial charge in [-0.05, 0) is 40.8 Å². The van der Waals surface area contributed by atoms with Crippen LogP contribution in [0, 0.1) is 5.92 Å². The molecule has 4 nitrogen and oxygen atoms in total. The Kier molecular flexibility index (Phi) is 4.06. The second-order valence-corrected chi connectivity index (χ2v) is 8.48. The summed E-state index contributed by atoms with van der Waals surface area (Å²) in [6, 6.07) is 28.0. The molecule has 0 radical (unpaired) electrons. The average molecular weight is 405 g/mol. The van der Waals surface area contributed by atoms with Crippen LogP contribution in [0.2, 0.25) is 0 Å². The third-order valence-corrected chi connectivity index (χ3v) is 6.83. The summed E-state index contributed by atoms with van der Waals surface area (Å²) in [4.78, 5) is 14.3. The van der Waals surface area contributed by atoms with Crippen LogP contribution in [0.25, 0.3) is 11.1 Å². The number of nitrogens with zero attached hydrogens (tertiary/aromatic N) is 4. The van der Waals surface area contributed by atoms with Crippen LogP contribution in [0.15, 0.2) is 91.3 Å². The van der Waals surface area contributed by atoms with E-state index in [4.69, 9.17) is 9.97 Å². The van der Waals surface area contributed by atoms with Gasteiger partial charge in [-0.2, -0.15) is 0 Å². The summed E-state index contributed by atoms with van der Waals surface area (Å²) < 4.78 is 0. The minimum absolute atomic E-state index is 0.133. The van der Waals surface area contributed by atoms with Crippen LogP contribution >= 0.6 is 0 Å². The molecule has 31 heavy (non-hydrogen) atoms. The maximum absolute atomic E-state index is 4.80. The van der Waals surface area contributed by atoms with Crippen molar-refractivity contribution in [2.24, 2.45) is 5.92 Å². The van der Waals surface area contributed by atoms with Gasteiger partial charge in [0.25, 0.3) is 0 Å². The Morgan fingerprint density at radius 2 is 1.32 bits per heavy atom. The molecule has 0 N–H and O–H groups in total. The number of hydrogen-bond acceptors (Lipinski definition) is 4. The molecule has 0 aliphatic carbocycles. The summed E-state index contributed by atoms with van der Waals surface area (Å²) in [5, 5.41) is 0. The van der Waals surface area contributed by atoms with Crippen LogP contribution in [0.5, 0.6) is 0 Å². The lowest BCUT2D eigenvalue weighted by molar-refractivity contribution is 0.385. The molecule has 6 rings (SSSR count). The van der Waals surface area contributed by atoms with Crippen molar-refractivity contribution in [3.8, 4) is 11.1 Å². The third-order valence-electron chi connectivity index (χ3n) is 6.83. The van der Waals surface area contributed by atoms with Gasteiger partial charge in [0.05, 0.1) is 0 Å². The van der Waals surface area contributed by atoms with Crippen molar-refractivity contribution in [1.82, 2.24) is 9.97 Å². The van der Waals surface area contributed by atoms with Gasteiger partial charge in [0, 0.05) is 29.7 Å². The molecule has 0 amide bonds. The van der Waals surface area contributed by atoms with Gasteiger partial charge in [-0.25, -0.2) is 9.97 Å². The minimum atomic E-state index is 0.133. The lowest BCUT2D eigenvalue weighted by Crippen LogP contribution is -2.48. The van der Waals surface area contributed by atoms with Gasteiger partial charge in [-0.3, -0.25) is 0 Å². The molecule has 4 aromatic rings. The van der Waals surface area contributed by atoms with E-state index in [1.165, 1.54) is 22.4 Å². The molecule has 0 saturated heterocycles. The number of anilines is 4. The van der Waals surface area contributed by atoms with Crippen molar-refractivity contribution in [3.05, 3.63) is 96.8 Å². The molecular weight excluding hydrogens is 380 g/mol. The van der Waals surface area contributed by atoms with Gasteiger partial charge < -0.3 is 9.80 Å². The van der Waals surface area contributed by atoms with Crippen LogP contribution < -0.4 is 9.80 Å². The zero-order chi connectivity index (χ0) is 20.9. The first kappa shape index (κ1) is 18.1. The van der Waals surface area contributed by atoms with Crippen LogP contribution in [-0.2, 0) is 0 Å². The van der Waals surface area contributed by atoms with E-state index in [1.807, 2.05) is 0 Å². The van der Waals surface area contributed by atoms with E-state index < -0.39 is 0 Å². The molecule has 0 fully saturated rings. The average Bonchev–Trinajstić information content (AvgIpc) is 3.19. The van der Waals surface area contributed by atoms with E-state index >= 15 is 0 Å². The third kappa shape index (κ3) is 2.68. The largest absolute Gasteiger partial charge is 0.302 e. The minimum Gasteiger partial charge on any atom is -0.302 e. The highest BCUT2D eigenvalue weighted by Crippen LogP contribution is 2.54. The summed E-state index contributed by atoms with van der Waals surface area (Å²) in [6.07, 6.45) is 3.73. The fourth-order valence-electron chi connectivity index (χ4n) is 5.11. The van der Waals surface area contributed by atoms with Gasteiger partial charge in [0.2, 0.25) is 0 Å². The zero-order valence-electron chi connectivity index (χ0n) is 17.7.